The summed E-state index contributed by atoms with van der Waals surface area (Å²) in [5.74, 6) is 0. The van der Waals surface area contributed by atoms with Gasteiger partial charge in [-0.3, -0.25) is 0 Å². The Morgan fingerprint density at radius 1 is 1.05 bits per heavy atom. The second-order valence-electron chi connectivity index (χ2n) is 6.37. The van der Waals surface area contributed by atoms with E-state index in [0.717, 1.165) is 13.0 Å². The van der Waals surface area contributed by atoms with Gasteiger partial charge in [-0.1, -0.05) is 55.0 Å². The number of hydrogen-bond donors (Lipinski definition) is 1. The minimum atomic E-state index is 0.164. The molecular weight excluding hydrogens is 242 g/mol. The van der Waals surface area contributed by atoms with Crippen LogP contribution < -0.4 is 5.32 Å². The smallest absolute Gasteiger partial charge is 0.0172 e. The van der Waals surface area contributed by atoms with Crippen LogP contribution in [0.5, 0.6) is 0 Å². The molecule has 0 amide bonds. The topological polar surface area (TPSA) is 12.0 Å². The maximum Gasteiger partial charge on any atom is 0.0172 e. The quantitative estimate of drug-likeness (QED) is 0.820. The van der Waals surface area contributed by atoms with E-state index in [1.807, 2.05) is 0 Å². The van der Waals surface area contributed by atoms with Gasteiger partial charge in [0.25, 0.3) is 0 Å². The van der Waals surface area contributed by atoms with Crippen LogP contribution in [0.3, 0.4) is 0 Å². The minimum Gasteiger partial charge on any atom is -0.308 e. The Balaban J connectivity index is 2.20. The van der Waals surface area contributed by atoms with Gasteiger partial charge in [-0.15, -0.1) is 0 Å². The van der Waals surface area contributed by atoms with Crippen LogP contribution in [-0.2, 0) is 0 Å². The highest BCUT2D eigenvalue weighted by atomic mass is 14.9. The SMILES string of the molecule is CCC(=Cc1ccc2ccccc2c1)CNC(C)(C)C. The van der Waals surface area contributed by atoms with E-state index in [0.29, 0.717) is 0 Å². The molecule has 0 aliphatic rings. The Morgan fingerprint density at radius 3 is 2.40 bits per heavy atom. The Hall–Kier alpha value is -1.60. The summed E-state index contributed by atoms with van der Waals surface area (Å²) in [7, 11) is 0. The largest absolute Gasteiger partial charge is 0.308 e. The number of rotatable bonds is 4. The summed E-state index contributed by atoms with van der Waals surface area (Å²) in [4.78, 5) is 0. The van der Waals surface area contributed by atoms with Gasteiger partial charge < -0.3 is 5.32 Å². The zero-order valence-electron chi connectivity index (χ0n) is 13.0. The standard InChI is InChI=1S/C19H25N/c1-5-15(14-20-19(2,3)4)12-16-10-11-17-8-6-7-9-18(17)13-16/h6-13,20H,5,14H2,1-4H3. The summed E-state index contributed by atoms with van der Waals surface area (Å²) in [5, 5.41) is 6.17. The first-order chi connectivity index (χ1) is 9.48. The fourth-order valence-electron chi connectivity index (χ4n) is 2.19. The van der Waals surface area contributed by atoms with Crippen LogP contribution in [0.15, 0.2) is 48.0 Å². The Morgan fingerprint density at radius 2 is 1.75 bits per heavy atom. The third-order valence-electron chi connectivity index (χ3n) is 3.44. The molecule has 0 saturated heterocycles. The molecule has 0 unspecified atom stereocenters. The molecule has 0 aliphatic carbocycles. The minimum absolute atomic E-state index is 0.164. The third-order valence-corrected chi connectivity index (χ3v) is 3.44. The number of nitrogens with one attached hydrogen (secondary N) is 1. The third kappa shape index (κ3) is 4.21. The predicted molar refractivity (Wildman–Crippen MR) is 90.0 cm³/mol. The van der Waals surface area contributed by atoms with Crippen LogP contribution in [0, 0.1) is 0 Å². The van der Waals surface area contributed by atoms with E-state index in [1.165, 1.54) is 21.9 Å². The van der Waals surface area contributed by atoms with Crippen molar-refractivity contribution < 1.29 is 0 Å². The number of hydrogen-bond acceptors (Lipinski definition) is 1. The van der Waals surface area contributed by atoms with Crippen LogP contribution in [0.1, 0.15) is 39.7 Å². The van der Waals surface area contributed by atoms with E-state index in [9.17, 15) is 0 Å². The van der Waals surface area contributed by atoms with Crippen LogP contribution in [-0.4, -0.2) is 12.1 Å². The van der Waals surface area contributed by atoms with E-state index in [-0.39, 0.29) is 5.54 Å². The number of fused-ring (bicyclic) bond motifs is 1. The average molecular weight is 267 g/mol. The first kappa shape index (κ1) is 14.8. The van der Waals surface area contributed by atoms with E-state index in [2.05, 4.69) is 81.6 Å². The molecule has 0 radical (unpaired) electrons. The van der Waals surface area contributed by atoms with Crippen LogP contribution in [0.2, 0.25) is 0 Å². The maximum absolute atomic E-state index is 3.56. The monoisotopic (exact) mass is 267 g/mol. The molecular formula is C19H25N. The lowest BCUT2D eigenvalue weighted by Crippen LogP contribution is -2.36. The Kier molecular flexibility index (Phi) is 4.61. The second-order valence-corrected chi connectivity index (χ2v) is 6.37. The fraction of sp³-hybridized carbons (Fsp3) is 0.368. The molecule has 0 bridgehead atoms. The van der Waals surface area contributed by atoms with E-state index in [4.69, 9.17) is 0 Å². The van der Waals surface area contributed by atoms with E-state index < -0.39 is 0 Å². The lowest BCUT2D eigenvalue weighted by atomic mass is 10.0. The molecule has 1 N–H and O–H groups in total. The summed E-state index contributed by atoms with van der Waals surface area (Å²) in [6.45, 7) is 9.78. The first-order valence-electron chi connectivity index (χ1n) is 7.41. The van der Waals surface area contributed by atoms with E-state index >= 15 is 0 Å². The molecule has 0 saturated carbocycles. The van der Waals surface area contributed by atoms with Crippen molar-refractivity contribution in [2.75, 3.05) is 6.54 Å². The molecule has 0 fully saturated rings. The molecule has 106 valence electrons. The van der Waals surface area contributed by atoms with E-state index in [1.54, 1.807) is 0 Å². The molecule has 0 heterocycles. The van der Waals surface area contributed by atoms with Crippen LogP contribution >= 0.6 is 0 Å². The van der Waals surface area contributed by atoms with Crippen molar-refractivity contribution in [2.24, 2.45) is 0 Å². The van der Waals surface area contributed by atoms with Gasteiger partial charge in [0.1, 0.15) is 0 Å². The summed E-state index contributed by atoms with van der Waals surface area (Å²) >= 11 is 0. The van der Waals surface area contributed by atoms with Gasteiger partial charge in [0, 0.05) is 12.1 Å². The molecule has 2 aromatic carbocycles. The van der Waals surface area contributed by atoms with Crippen molar-refractivity contribution in [2.45, 2.75) is 39.7 Å². The maximum atomic E-state index is 3.56. The molecule has 0 aromatic heterocycles. The highest BCUT2D eigenvalue weighted by Gasteiger charge is 2.08. The van der Waals surface area contributed by atoms with Crippen molar-refractivity contribution in [1.29, 1.82) is 0 Å². The Bertz CT molecular complexity index is 602. The van der Waals surface area contributed by atoms with Crippen LogP contribution in [0.25, 0.3) is 16.8 Å². The highest BCUT2D eigenvalue weighted by molar-refractivity contribution is 5.84. The summed E-state index contributed by atoms with van der Waals surface area (Å²) < 4.78 is 0. The van der Waals surface area contributed by atoms with Gasteiger partial charge >= 0.3 is 0 Å². The summed E-state index contributed by atoms with van der Waals surface area (Å²) in [6.07, 6.45) is 3.39. The van der Waals surface area contributed by atoms with Crippen molar-refractivity contribution >= 4 is 16.8 Å². The summed E-state index contributed by atoms with van der Waals surface area (Å²) in [6, 6.07) is 15.2. The molecule has 1 nitrogen and oxygen atoms in total. The molecule has 2 rings (SSSR count). The van der Waals surface area contributed by atoms with Crippen molar-refractivity contribution in [3.63, 3.8) is 0 Å². The fourth-order valence-corrected chi connectivity index (χ4v) is 2.19. The number of benzene rings is 2. The molecule has 0 aliphatic heterocycles. The van der Waals surface area contributed by atoms with Crippen molar-refractivity contribution in [1.82, 2.24) is 5.32 Å². The molecule has 2 aromatic rings. The molecule has 0 atom stereocenters. The second kappa shape index (κ2) is 6.23. The van der Waals surface area contributed by atoms with Gasteiger partial charge in [-0.2, -0.15) is 0 Å². The average Bonchev–Trinajstić information content (AvgIpc) is 2.42. The lowest BCUT2D eigenvalue weighted by Gasteiger charge is -2.21. The molecule has 0 spiro atoms. The van der Waals surface area contributed by atoms with Crippen molar-refractivity contribution in [3.8, 4) is 0 Å². The zero-order chi connectivity index (χ0) is 14.6. The van der Waals surface area contributed by atoms with Gasteiger partial charge in [0.05, 0.1) is 0 Å². The summed E-state index contributed by atoms with van der Waals surface area (Å²) in [5.41, 5.74) is 2.89. The van der Waals surface area contributed by atoms with Crippen molar-refractivity contribution in [3.05, 3.63) is 53.6 Å². The van der Waals surface area contributed by atoms with Gasteiger partial charge in [0.2, 0.25) is 0 Å². The Labute approximate surface area is 122 Å². The van der Waals surface area contributed by atoms with Gasteiger partial charge in [-0.05, 0) is 49.6 Å². The highest BCUT2D eigenvalue weighted by Crippen LogP contribution is 2.18. The first-order valence-corrected chi connectivity index (χ1v) is 7.41. The molecule has 1 heteroatoms. The van der Waals surface area contributed by atoms with Crippen LogP contribution in [0.4, 0.5) is 0 Å². The lowest BCUT2D eigenvalue weighted by molar-refractivity contribution is 0.443. The molecule has 20 heavy (non-hydrogen) atoms. The predicted octanol–water partition coefficient (Wildman–Crippen LogP) is 5.02. The zero-order valence-corrected chi connectivity index (χ0v) is 13.0. The van der Waals surface area contributed by atoms with Gasteiger partial charge in [0.15, 0.2) is 0 Å². The van der Waals surface area contributed by atoms with Gasteiger partial charge in [-0.25, -0.2) is 0 Å². The normalized spacial score (nSPS) is 12.9.